The van der Waals surface area contributed by atoms with Gasteiger partial charge in [-0.2, -0.15) is 0 Å². The fraction of sp³-hybridized carbons (Fsp3) is 0.333. The molecule has 2 rings (SSSR count). The number of nitrogen functional groups attached to an aromatic ring is 1. The van der Waals surface area contributed by atoms with Crippen molar-refractivity contribution in [2.45, 2.75) is 26.3 Å². The van der Waals surface area contributed by atoms with Gasteiger partial charge in [-0.15, -0.1) is 22.7 Å². The molecular formula is C12H15N3OS2. The van der Waals surface area contributed by atoms with Crippen molar-refractivity contribution in [2.75, 3.05) is 5.73 Å². The molecule has 96 valence electrons. The summed E-state index contributed by atoms with van der Waals surface area (Å²) in [5.74, 6) is -0.0178. The maximum atomic E-state index is 11.7. The number of hydrogen-bond acceptors (Lipinski definition) is 5. The van der Waals surface area contributed by atoms with Gasteiger partial charge in [0.2, 0.25) is 5.91 Å². The monoisotopic (exact) mass is 281 g/mol. The van der Waals surface area contributed by atoms with Crippen molar-refractivity contribution in [1.82, 2.24) is 10.3 Å². The number of nitrogens with two attached hydrogens (primary N) is 1. The predicted molar refractivity (Wildman–Crippen MR) is 75.8 cm³/mol. The van der Waals surface area contributed by atoms with Crippen LogP contribution in [-0.4, -0.2) is 10.9 Å². The summed E-state index contributed by atoms with van der Waals surface area (Å²) >= 11 is 3.04. The molecule has 0 aliphatic carbocycles. The highest BCUT2D eigenvalue weighted by Crippen LogP contribution is 2.17. The minimum atomic E-state index is -0.0178. The molecule has 0 unspecified atom stereocenters. The number of hydrogen-bond donors (Lipinski definition) is 2. The van der Waals surface area contributed by atoms with E-state index in [1.54, 1.807) is 11.3 Å². The van der Waals surface area contributed by atoms with Crippen molar-refractivity contribution < 1.29 is 4.79 Å². The molecule has 1 amide bonds. The SMILES string of the molecule is CCc1ccsc1CNC(=O)Cc1csc(N)n1. The average molecular weight is 281 g/mol. The van der Waals surface area contributed by atoms with E-state index in [4.69, 9.17) is 5.73 Å². The van der Waals surface area contributed by atoms with Crippen LogP contribution in [0.4, 0.5) is 5.13 Å². The molecule has 2 aromatic heterocycles. The Morgan fingerprint density at radius 1 is 1.50 bits per heavy atom. The van der Waals surface area contributed by atoms with Crippen LogP contribution >= 0.6 is 22.7 Å². The predicted octanol–water partition coefficient (Wildman–Crippen LogP) is 2.21. The van der Waals surface area contributed by atoms with E-state index in [0.29, 0.717) is 18.1 Å². The quantitative estimate of drug-likeness (QED) is 0.883. The lowest BCUT2D eigenvalue weighted by atomic mass is 10.2. The Morgan fingerprint density at radius 3 is 3.00 bits per heavy atom. The fourth-order valence-electron chi connectivity index (χ4n) is 1.65. The minimum Gasteiger partial charge on any atom is -0.375 e. The van der Waals surface area contributed by atoms with Crippen LogP contribution in [0.2, 0.25) is 0 Å². The van der Waals surface area contributed by atoms with E-state index in [9.17, 15) is 4.79 Å². The summed E-state index contributed by atoms with van der Waals surface area (Å²) < 4.78 is 0. The molecule has 0 aromatic carbocycles. The number of anilines is 1. The largest absolute Gasteiger partial charge is 0.375 e. The molecule has 3 N–H and O–H groups in total. The first kappa shape index (κ1) is 13.0. The van der Waals surface area contributed by atoms with Gasteiger partial charge in [-0.25, -0.2) is 4.98 Å². The summed E-state index contributed by atoms with van der Waals surface area (Å²) in [6.45, 7) is 2.71. The van der Waals surface area contributed by atoms with Crippen molar-refractivity contribution in [1.29, 1.82) is 0 Å². The molecule has 0 bridgehead atoms. The number of rotatable bonds is 5. The minimum absolute atomic E-state index is 0.0178. The van der Waals surface area contributed by atoms with Crippen LogP contribution < -0.4 is 11.1 Å². The topological polar surface area (TPSA) is 68.0 Å². The van der Waals surface area contributed by atoms with Crippen molar-refractivity contribution in [3.63, 3.8) is 0 Å². The summed E-state index contributed by atoms with van der Waals surface area (Å²) in [5, 5.41) is 7.29. The molecule has 0 radical (unpaired) electrons. The number of amides is 1. The zero-order chi connectivity index (χ0) is 13.0. The number of nitrogens with zero attached hydrogens (tertiary/aromatic N) is 1. The standard InChI is InChI=1S/C12H15N3OS2/c1-2-8-3-4-17-10(8)6-14-11(16)5-9-7-18-12(13)15-9/h3-4,7H,2,5-6H2,1H3,(H2,13,15)(H,14,16). The summed E-state index contributed by atoms with van der Waals surface area (Å²) in [4.78, 5) is 17.0. The lowest BCUT2D eigenvalue weighted by Gasteiger charge is -2.04. The average Bonchev–Trinajstić information content (AvgIpc) is 2.95. The molecule has 0 saturated heterocycles. The van der Waals surface area contributed by atoms with Gasteiger partial charge in [0.15, 0.2) is 5.13 Å². The van der Waals surface area contributed by atoms with Gasteiger partial charge >= 0.3 is 0 Å². The molecule has 4 nitrogen and oxygen atoms in total. The van der Waals surface area contributed by atoms with Gasteiger partial charge in [0.1, 0.15) is 0 Å². The van der Waals surface area contributed by atoms with Crippen molar-refractivity contribution >= 4 is 33.7 Å². The van der Waals surface area contributed by atoms with E-state index in [0.717, 1.165) is 12.1 Å². The molecule has 0 aliphatic heterocycles. The third kappa shape index (κ3) is 3.30. The van der Waals surface area contributed by atoms with Gasteiger partial charge in [-0.3, -0.25) is 4.79 Å². The summed E-state index contributed by atoms with van der Waals surface area (Å²) in [6, 6.07) is 2.10. The summed E-state index contributed by atoms with van der Waals surface area (Å²) in [5.41, 5.74) is 7.56. The number of thiazole rings is 1. The first-order valence-electron chi connectivity index (χ1n) is 5.71. The fourth-order valence-corrected chi connectivity index (χ4v) is 3.13. The smallest absolute Gasteiger partial charge is 0.226 e. The summed E-state index contributed by atoms with van der Waals surface area (Å²) in [7, 11) is 0. The van der Waals surface area contributed by atoms with Crippen LogP contribution in [0.1, 0.15) is 23.1 Å². The number of aryl methyl sites for hydroxylation is 1. The Hall–Kier alpha value is -1.40. The maximum Gasteiger partial charge on any atom is 0.226 e. The van der Waals surface area contributed by atoms with E-state index in [-0.39, 0.29) is 5.91 Å². The number of carbonyl (C=O) groups is 1. The second-order valence-electron chi connectivity index (χ2n) is 3.85. The van der Waals surface area contributed by atoms with Crippen LogP contribution in [0.15, 0.2) is 16.8 Å². The van der Waals surface area contributed by atoms with Gasteiger partial charge in [0.25, 0.3) is 0 Å². The molecule has 0 saturated carbocycles. The second-order valence-corrected chi connectivity index (χ2v) is 5.74. The molecule has 0 atom stereocenters. The van der Waals surface area contributed by atoms with Crippen LogP contribution in [-0.2, 0) is 24.2 Å². The summed E-state index contributed by atoms with van der Waals surface area (Å²) in [6.07, 6.45) is 1.29. The van der Waals surface area contributed by atoms with E-state index in [1.807, 2.05) is 5.38 Å². The van der Waals surface area contributed by atoms with Crippen molar-refractivity contribution in [2.24, 2.45) is 0 Å². The first-order chi connectivity index (χ1) is 8.69. The molecule has 6 heteroatoms. The third-order valence-electron chi connectivity index (χ3n) is 2.58. The van der Waals surface area contributed by atoms with E-state index in [2.05, 4.69) is 28.7 Å². The highest BCUT2D eigenvalue weighted by atomic mass is 32.1. The molecule has 0 aliphatic rings. The van der Waals surface area contributed by atoms with Gasteiger partial charge in [0.05, 0.1) is 18.7 Å². The molecule has 0 fully saturated rings. The number of thiophene rings is 1. The highest BCUT2D eigenvalue weighted by molar-refractivity contribution is 7.13. The van der Waals surface area contributed by atoms with Gasteiger partial charge in [-0.05, 0) is 23.4 Å². The third-order valence-corrected chi connectivity index (χ3v) is 4.26. The number of carbonyl (C=O) groups excluding carboxylic acids is 1. The van der Waals surface area contributed by atoms with E-state index < -0.39 is 0 Å². The Morgan fingerprint density at radius 2 is 2.33 bits per heavy atom. The van der Waals surface area contributed by atoms with Crippen LogP contribution in [0.25, 0.3) is 0 Å². The van der Waals surface area contributed by atoms with Gasteiger partial charge in [0, 0.05) is 10.3 Å². The van der Waals surface area contributed by atoms with Gasteiger partial charge < -0.3 is 11.1 Å². The lowest BCUT2D eigenvalue weighted by Crippen LogP contribution is -2.24. The zero-order valence-electron chi connectivity index (χ0n) is 10.1. The van der Waals surface area contributed by atoms with Crippen LogP contribution in [0.5, 0.6) is 0 Å². The maximum absolute atomic E-state index is 11.7. The van der Waals surface area contributed by atoms with E-state index in [1.165, 1.54) is 21.8 Å². The number of nitrogens with one attached hydrogen (secondary N) is 1. The molecule has 2 heterocycles. The molecular weight excluding hydrogens is 266 g/mol. The second kappa shape index (κ2) is 5.97. The zero-order valence-corrected chi connectivity index (χ0v) is 11.7. The first-order valence-corrected chi connectivity index (χ1v) is 7.46. The lowest BCUT2D eigenvalue weighted by molar-refractivity contribution is -0.120. The van der Waals surface area contributed by atoms with Crippen LogP contribution in [0, 0.1) is 0 Å². The highest BCUT2D eigenvalue weighted by Gasteiger charge is 2.08. The molecule has 2 aromatic rings. The van der Waals surface area contributed by atoms with Crippen molar-refractivity contribution in [3.8, 4) is 0 Å². The van der Waals surface area contributed by atoms with Crippen LogP contribution in [0.3, 0.4) is 0 Å². The normalized spacial score (nSPS) is 10.5. The van der Waals surface area contributed by atoms with Crippen molar-refractivity contribution in [3.05, 3.63) is 33.0 Å². The van der Waals surface area contributed by atoms with E-state index >= 15 is 0 Å². The molecule has 0 spiro atoms. The number of aromatic nitrogens is 1. The molecule has 18 heavy (non-hydrogen) atoms. The Bertz CT molecular complexity index is 533. The Kier molecular flexibility index (Phi) is 4.33. The Balaban J connectivity index is 1.85. The Labute approximate surface area is 114 Å². The van der Waals surface area contributed by atoms with Gasteiger partial charge in [-0.1, -0.05) is 6.92 Å².